The van der Waals surface area contributed by atoms with E-state index in [1.807, 2.05) is 0 Å². The molecule has 0 aromatic heterocycles. The normalized spacial score (nSPS) is 15.8. The maximum absolute atomic E-state index is 12.0. The van der Waals surface area contributed by atoms with E-state index < -0.39 is 0 Å². The van der Waals surface area contributed by atoms with E-state index in [0.717, 1.165) is 0 Å². The van der Waals surface area contributed by atoms with Crippen LogP contribution in [0.4, 0.5) is 5.69 Å². The van der Waals surface area contributed by atoms with E-state index >= 15 is 0 Å². The lowest BCUT2D eigenvalue weighted by atomic mass is 10.2. The molecule has 1 saturated heterocycles. The van der Waals surface area contributed by atoms with Gasteiger partial charge in [-0.05, 0) is 12.1 Å². The summed E-state index contributed by atoms with van der Waals surface area (Å²) in [7, 11) is 3.10. The number of carbonyl (C=O) groups excluding carboxylic acids is 2. The quantitative estimate of drug-likeness (QED) is 0.866. The number of hydrogen-bond donors (Lipinski definition) is 1. The summed E-state index contributed by atoms with van der Waals surface area (Å²) in [6, 6.07) is 5.22. The van der Waals surface area contributed by atoms with E-state index in [1.165, 1.54) is 7.11 Å². The lowest BCUT2D eigenvalue weighted by Gasteiger charge is -2.22. The summed E-state index contributed by atoms with van der Waals surface area (Å²) < 4.78 is 10.4. The number of nitrogens with zero attached hydrogens (tertiary/aromatic N) is 1. The Morgan fingerprint density at radius 1 is 1.21 bits per heavy atom. The van der Waals surface area contributed by atoms with Crippen LogP contribution in [-0.2, 0) is 9.59 Å². The van der Waals surface area contributed by atoms with Crippen LogP contribution in [0.1, 0.15) is 6.42 Å². The van der Waals surface area contributed by atoms with E-state index in [1.54, 1.807) is 30.2 Å². The molecule has 1 aliphatic heterocycles. The Labute approximate surface area is 111 Å². The number of anilines is 1. The molecule has 19 heavy (non-hydrogen) atoms. The molecule has 0 bridgehead atoms. The number of methoxy groups -OCH3 is 2. The average molecular weight is 264 g/mol. The van der Waals surface area contributed by atoms with Crippen LogP contribution >= 0.6 is 0 Å². The van der Waals surface area contributed by atoms with Crippen LogP contribution in [0.5, 0.6) is 11.5 Å². The van der Waals surface area contributed by atoms with Crippen molar-refractivity contribution in [3.63, 3.8) is 0 Å². The monoisotopic (exact) mass is 264 g/mol. The number of ether oxygens (including phenoxy) is 2. The molecule has 0 spiro atoms. The Kier molecular flexibility index (Phi) is 3.89. The predicted octanol–water partition coefficient (Wildman–Crippen LogP) is 0.557. The summed E-state index contributed by atoms with van der Waals surface area (Å²) in [5, 5.41) is 2.56. The van der Waals surface area contributed by atoms with Crippen LogP contribution in [0.3, 0.4) is 0 Å². The fourth-order valence-corrected chi connectivity index (χ4v) is 1.96. The first-order valence-corrected chi connectivity index (χ1v) is 5.95. The van der Waals surface area contributed by atoms with Crippen molar-refractivity contribution in [2.75, 3.05) is 32.2 Å². The predicted molar refractivity (Wildman–Crippen MR) is 69.5 cm³/mol. The molecule has 0 aliphatic carbocycles. The van der Waals surface area contributed by atoms with Gasteiger partial charge < -0.3 is 19.7 Å². The lowest BCUT2D eigenvalue weighted by molar-refractivity contribution is -0.123. The first-order valence-electron chi connectivity index (χ1n) is 5.95. The molecule has 6 heteroatoms. The van der Waals surface area contributed by atoms with Crippen LogP contribution in [-0.4, -0.2) is 39.1 Å². The third kappa shape index (κ3) is 2.78. The van der Waals surface area contributed by atoms with Crippen molar-refractivity contribution in [2.24, 2.45) is 0 Å². The molecule has 1 fully saturated rings. The smallest absolute Gasteiger partial charge is 0.246 e. The van der Waals surface area contributed by atoms with Crippen LogP contribution < -0.4 is 19.7 Å². The molecule has 1 aliphatic rings. The molecule has 0 saturated carbocycles. The zero-order valence-electron chi connectivity index (χ0n) is 10.9. The fourth-order valence-electron chi connectivity index (χ4n) is 1.96. The maximum atomic E-state index is 12.0. The van der Waals surface area contributed by atoms with Crippen LogP contribution in [0.15, 0.2) is 18.2 Å². The summed E-state index contributed by atoms with van der Waals surface area (Å²) in [6.45, 7) is 0.327. The number of amides is 2. The second kappa shape index (κ2) is 5.60. The van der Waals surface area contributed by atoms with Crippen LogP contribution in [0, 0.1) is 0 Å². The van der Waals surface area contributed by atoms with E-state index in [-0.39, 0.29) is 24.8 Å². The van der Waals surface area contributed by atoms with Gasteiger partial charge in [-0.3, -0.25) is 9.59 Å². The number of nitrogens with one attached hydrogen (secondary N) is 1. The Morgan fingerprint density at radius 2 is 2.00 bits per heavy atom. The van der Waals surface area contributed by atoms with Crippen molar-refractivity contribution >= 4 is 17.5 Å². The molecule has 1 N–H and O–H groups in total. The van der Waals surface area contributed by atoms with E-state index in [4.69, 9.17) is 9.47 Å². The largest absolute Gasteiger partial charge is 0.497 e. The van der Waals surface area contributed by atoms with Crippen molar-refractivity contribution in [1.29, 1.82) is 0 Å². The van der Waals surface area contributed by atoms with Gasteiger partial charge in [0.15, 0.2) is 0 Å². The molecule has 1 heterocycles. The minimum atomic E-state index is -0.169. The summed E-state index contributed by atoms with van der Waals surface area (Å²) in [6.07, 6.45) is 0.270. The van der Waals surface area contributed by atoms with Gasteiger partial charge in [0.05, 0.1) is 26.5 Å². The van der Waals surface area contributed by atoms with Crippen LogP contribution in [0.2, 0.25) is 0 Å². The molecule has 6 nitrogen and oxygen atoms in total. The van der Waals surface area contributed by atoms with E-state index in [9.17, 15) is 9.59 Å². The summed E-state index contributed by atoms with van der Waals surface area (Å²) in [5.41, 5.74) is 0.614. The first-order chi connectivity index (χ1) is 9.15. The molecule has 102 valence electrons. The molecular formula is C13H16N2O4. The standard InChI is InChI=1S/C13H16N2O4/c1-18-9-3-4-11(19-2)10(7-9)15-6-5-12(16)14-8-13(15)17/h3-4,7H,5-6,8H2,1-2H3,(H,14,16). The highest BCUT2D eigenvalue weighted by atomic mass is 16.5. The van der Waals surface area contributed by atoms with Gasteiger partial charge in [-0.2, -0.15) is 0 Å². The highest BCUT2D eigenvalue weighted by molar-refractivity contribution is 6.00. The van der Waals surface area contributed by atoms with Crippen molar-refractivity contribution in [2.45, 2.75) is 6.42 Å². The summed E-state index contributed by atoms with van der Waals surface area (Å²) >= 11 is 0. The van der Waals surface area contributed by atoms with Crippen molar-refractivity contribution in [3.05, 3.63) is 18.2 Å². The Morgan fingerprint density at radius 3 is 2.68 bits per heavy atom. The third-order valence-electron chi connectivity index (χ3n) is 2.98. The molecule has 0 radical (unpaired) electrons. The summed E-state index contributed by atoms with van der Waals surface area (Å²) in [4.78, 5) is 24.9. The van der Waals surface area contributed by atoms with Gasteiger partial charge in [0.2, 0.25) is 11.8 Å². The van der Waals surface area contributed by atoms with E-state index in [0.29, 0.717) is 23.7 Å². The highest BCUT2D eigenvalue weighted by Gasteiger charge is 2.24. The molecule has 1 aromatic carbocycles. The van der Waals surface area contributed by atoms with E-state index in [2.05, 4.69) is 5.32 Å². The van der Waals surface area contributed by atoms with Gasteiger partial charge in [0.25, 0.3) is 0 Å². The van der Waals surface area contributed by atoms with Gasteiger partial charge >= 0.3 is 0 Å². The number of carbonyl (C=O) groups is 2. The first kappa shape index (κ1) is 13.2. The fraction of sp³-hybridized carbons (Fsp3) is 0.385. The zero-order chi connectivity index (χ0) is 13.8. The number of rotatable bonds is 3. The zero-order valence-corrected chi connectivity index (χ0v) is 10.9. The SMILES string of the molecule is COc1ccc(OC)c(N2CCC(=O)NCC2=O)c1. The molecule has 1 aromatic rings. The second-order valence-electron chi connectivity index (χ2n) is 4.11. The van der Waals surface area contributed by atoms with Crippen LogP contribution in [0.25, 0.3) is 0 Å². The number of benzene rings is 1. The Bertz CT molecular complexity index is 501. The lowest BCUT2D eigenvalue weighted by Crippen LogP contribution is -2.35. The topological polar surface area (TPSA) is 67.9 Å². The second-order valence-corrected chi connectivity index (χ2v) is 4.11. The third-order valence-corrected chi connectivity index (χ3v) is 2.98. The average Bonchev–Trinajstić information content (AvgIpc) is 2.60. The molecule has 2 amide bonds. The van der Waals surface area contributed by atoms with Gasteiger partial charge in [0.1, 0.15) is 11.5 Å². The van der Waals surface area contributed by atoms with Gasteiger partial charge in [0, 0.05) is 19.0 Å². The molecule has 2 rings (SSSR count). The van der Waals surface area contributed by atoms with Gasteiger partial charge in [-0.1, -0.05) is 0 Å². The molecule has 0 atom stereocenters. The van der Waals surface area contributed by atoms with Crippen molar-refractivity contribution in [3.8, 4) is 11.5 Å². The minimum Gasteiger partial charge on any atom is -0.497 e. The maximum Gasteiger partial charge on any atom is 0.246 e. The Balaban J connectivity index is 2.37. The minimum absolute atomic E-state index is 0.000796. The highest BCUT2D eigenvalue weighted by Crippen LogP contribution is 2.32. The Hall–Kier alpha value is -2.24. The summed E-state index contributed by atoms with van der Waals surface area (Å²) in [5.74, 6) is 0.908. The van der Waals surface area contributed by atoms with Crippen molar-refractivity contribution in [1.82, 2.24) is 5.32 Å². The molecule has 0 unspecified atom stereocenters. The van der Waals surface area contributed by atoms with Gasteiger partial charge in [-0.15, -0.1) is 0 Å². The van der Waals surface area contributed by atoms with Crippen molar-refractivity contribution < 1.29 is 19.1 Å². The molecular weight excluding hydrogens is 248 g/mol. The van der Waals surface area contributed by atoms with Gasteiger partial charge in [-0.25, -0.2) is 0 Å². The number of hydrogen-bond acceptors (Lipinski definition) is 4.